The topological polar surface area (TPSA) is 91.1 Å². The standard InChI is InChI=1S/C18H24BrN3O2/c19-13-4-5-15-14(10-13)12(11-22-15)6-9-21-17(23)16(20)18(24)7-2-1-3-8-18/h4-5,10-11,16,22,24H,1-3,6-9,20H2,(H,21,23). The summed E-state index contributed by atoms with van der Waals surface area (Å²) in [5.74, 6) is -0.263. The minimum Gasteiger partial charge on any atom is -0.388 e. The normalized spacial score (nSPS) is 18.5. The Morgan fingerprint density at radius 3 is 2.88 bits per heavy atom. The first-order valence-electron chi connectivity index (χ1n) is 8.51. The van der Waals surface area contributed by atoms with Gasteiger partial charge in [0.15, 0.2) is 0 Å². The molecule has 0 spiro atoms. The highest BCUT2D eigenvalue weighted by molar-refractivity contribution is 9.10. The van der Waals surface area contributed by atoms with Crippen LogP contribution in [0.2, 0.25) is 0 Å². The van der Waals surface area contributed by atoms with Crippen molar-refractivity contribution < 1.29 is 9.90 Å². The highest BCUT2D eigenvalue weighted by Crippen LogP contribution is 2.30. The Morgan fingerprint density at radius 2 is 2.12 bits per heavy atom. The first-order valence-corrected chi connectivity index (χ1v) is 9.30. The number of hydrogen-bond acceptors (Lipinski definition) is 3. The number of nitrogens with two attached hydrogens (primary N) is 1. The molecule has 6 heteroatoms. The molecule has 0 aliphatic heterocycles. The zero-order chi connectivity index (χ0) is 17.2. The van der Waals surface area contributed by atoms with Gasteiger partial charge in [-0.05, 0) is 43.0 Å². The van der Waals surface area contributed by atoms with E-state index in [1.54, 1.807) is 0 Å². The highest BCUT2D eigenvalue weighted by Gasteiger charge is 2.39. The molecule has 1 aliphatic rings. The van der Waals surface area contributed by atoms with Crippen molar-refractivity contribution in [1.29, 1.82) is 0 Å². The molecule has 1 aromatic heterocycles. The van der Waals surface area contributed by atoms with Crippen LogP contribution in [0.1, 0.15) is 37.7 Å². The van der Waals surface area contributed by atoms with Crippen molar-refractivity contribution in [2.45, 2.75) is 50.2 Å². The Labute approximate surface area is 150 Å². The Hall–Kier alpha value is -1.37. The predicted molar refractivity (Wildman–Crippen MR) is 98.7 cm³/mol. The van der Waals surface area contributed by atoms with Crippen molar-refractivity contribution in [1.82, 2.24) is 10.3 Å². The summed E-state index contributed by atoms with van der Waals surface area (Å²) >= 11 is 3.48. The number of carbonyl (C=O) groups excluding carboxylic acids is 1. The van der Waals surface area contributed by atoms with E-state index in [1.165, 1.54) is 0 Å². The number of amides is 1. The second-order valence-electron chi connectivity index (χ2n) is 6.69. The van der Waals surface area contributed by atoms with Crippen LogP contribution in [-0.4, -0.2) is 34.2 Å². The van der Waals surface area contributed by atoms with Crippen LogP contribution >= 0.6 is 15.9 Å². The average molecular weight is 394 g/mol. The molecule has 2 aromatic rings. The fourth-order valence-corrected chi connectivity index (χ4v) is 3.87. The van der Waals surface area contributed by atoms with Crippen molar-refractivity contribution >= 4 is 32.7 Å². The minimum atomic E-state index is -1.05. The molecule has 3 rings (SSSR count). The Bertz CT molecular complexity index is 722. The van der Waals surface area contributed by atoms with E-state index in [-0.39, 0.29) is 5.91 Å². The van der Waals surface area contributed by atoms with Crippen LogP contribution in [-0.2, 0) is 11.2 Å². The minimum absolute atomic E-state index is 0.263. The monoisotopic (exact) mass is 393 g/mol. The summed E-state index contributed by atoms with van der Waals surface area (Å²) in [4.78, 5) is 15.5. The van der Waals surface area contributed by atoms with Crippen molar-refractivity contribution in [2.24, 2.45) is 5.73 Å². The third-order valence-electron chi connectivity index (χ3n) is 5.00. The van der Waals surface area contributed by atoms with E-state index in [0.29, 0.717) is 25.8 Å². The summed E-state index contributed by atoms with van der Waals surface area (Å²) < 4.78 is 1.03. The van der Waals surface area contributed by atoms with Crippen LogP contribution in [0.15, 0.2) is 28.9 Å². The molecule has 0 radical (unpaired) electrons. The van der Waals surface area contributed by atoms with E-state index in [0.717, 1.165) is 40.2 Å². The molecule has 0 bridgehead atoms. The van der Waals surface area contributed by atoms with Gasteiger partial charge in [-0.25, -0.2) is 0 Å². The van der Waals surface area contributed by atoms with E-state index in [2.05, 4.69) is 32.3 Å². The first kappa shape index (κ1) is 17.5. The van der Waals surface area contributed by atoms with Gasteiger partial charge in [0.2, 0.25) is 5.91 Å². The van der Waals surface area contributed by atoms with Crippen LogP contribution in [0.5, 0.6) is 0 Å². The van der Waals surface area contributed by atoms with Gasteiger partial charge in [-0.1, -0.05) is 35.2 Å². The zero-order valence-corrected chi connectivity index (χ0v) is 15.2. The molecule has 5 N–H and O–H groups in total. The van der Waals surface area contributed by atoms with Gasteiger partial charge >= 0.3 is 0 Å². The molecule has 1 amide bonds. The van der Waals surface area contributed by atoms with Crippen molar-refractivity contribution in [3.8, 4) is 0 Å². The largest absolute Gasteiger partial charge is 0.388 e. The molecule has 1 atom stereocenters. The van der Waals surface area contributed by atoms with Gasteiger partial charge in [0, 0.05) is 28.1 Å². The predicted octanol–water partition coefficient (Wildman–Crippen LogP) is 2.61. The number of nitrogens with one attached hydrogen (secondary N) is 2. The fourth-order valence-electron chi connectivity index (χ4n) is 3.51. The van der Waals surface area contributed by atoms with Gasteiger partial charge in [0.1, 0.15) is 6.04 Å². The summed E-state index contributed by atoms with van der Waals surface area (Å²) in [6.45, 7) is 0.502. The van der Waals surface area contributed by atoms with Crippen LogP contribution in [0.4, 0.5) is 0 Å². The Kier molecular flexibility index (Phi) is 5.27. The molecular formula is C18H24BrN3O2. The number of rotatable bonds is 5. The van der Waals surface area contributed by atoms with Crippen LogP contribution < -0.4 is 11.1 Å². The Balaban J connectivity index is 1.57. The lowest BCUT2D eigenvalue weighted by molar-refractivity contribution is -0.130. The Morgan fingerprint density at radius 1 is 1.38 bits per heavy atom. The number of aromatic amines is 1. The third-order valence-corrected chi connectivity index (χ3v) is 5.50. The van der Waals surface area contributed by atoms with E-state index in [4.69, 9.17) is 5.73 Å². The van der Waals surface area contributed by atoms with Crippen molar-refractivity contribution in [3.63, 3.8) is 0 Å². The number of aromatic nitrogens is 1. The summed E-state index contributed by atoms with van der Waals surface area (Å²) in [7, 11) is 0. The SMILES string of the molecule is NC(C(=O)NCCc1c[nH]c2ccc(Br)cc12)C1(O)CCCCC1. The van der Waals surface area contributed by atoms with E-state index in [1.807, 2.05) is 18.3 Å². The van der Waals surface area contributed by atoms with Gasteiger partial charge in [0.25, 0.3) is 0 Å². The number of hydrogen-bond donors (Lipinski definition) is 4. The molecule has 1 fully saturated rings. The molecule has 1 saturated carbocycles. The molecule has 5 nitrogen and oxygen atoms in total. The molecule has 1 aliphatic carbocycles. The maximum atomic E-state index is 12.3. The summed E-state index contributed by atoms with van der Waals surface area (Å²) in [6, 6.07) is 5.24. The van der Waals surface area contributed by atoms with Gasteiger partial charge in [-0.15, -0.1) is 0 Å². The smallest absolute Gasteiger partial charge is 0.239 e. The maximum Gasteiger partial charge on any atom is 0.239 e. The molecule has 130 valence electrons. The lowest BCUT2D eigenvalue weighted by Crippen LogP contribution is -2.57. The molecule has 0 saturated heterocycles. The highest BCUT2D eigenvalue weighted by atomic mass is 79.9. The zero-order valence-electron chi connectivity index (χ0n) is 13.6. The van der Waals surface area contributed by atoms with E-state index < -0.39 is 11.6 Å². The first-order chi connectivity index (χ1) is 11.5. The average Bonchev–Trinajstić information content (AvgIpc) is 2.97. The number of carbonyl (C=O) groups is 1. The van der Waals surface area contributed by atoms with Crippen LogP contribution in [0.25, 0.3) is 10.9 Å². The van der Waals surface area contributed by atoms with E-state index in [9.17, 15) is 9.90 Å². The van der Waals surface area contributed by atoms with Gasteiger partial charge in [-0.2, -0.15) is 0 Å². The quantitative estimate of drug-likeness (QED) is 0.628. The van der Waals surface area contributed by atoms with Crippen molar-refractivity contribution in [2.75, 3.05) is 6.54 Å². The maximum absolute atomic E-state index is 12.3. The second-order valence-corrected chi connectivity index (χ2v) is 7.60. The van der Waals surface area contributed by atoms with Crippen molar-refractivity contribution in [3.05, 3.63) is 34.4 Å². The lowest BCUT2D eigenvalue weighted by atomic mass is 9.79. The second kappa shape index (κ2) is 7.25. The summed E-state index contributed by atoms with van der Waals surface area (Å²) in [6.07, 6.45) is 6.87. The molecule has 24 heavy (non-hydrogen) atoms. The fraction of sp³-hybridized carbons (Fsp3) is 0.500. The van der Waals surface area contributed by atoms with Gasteiger partial charge in [0.05, 0.1) is 5.60 Å². The molecular weight excluding hydrogens is 370 g/mol. The van der Waals surface area contributed by atoms with E-state index >= 15 is 0 Å². The summed E-state index contributed by atoms with van der Waals surface area (Å²) in [5.41, 5.74) is 7.20. The molecule has 1 heterocycles. The number of fused-ring (bicyclic) bond motifs is 1. The number of benzene rings is 1. The number of halogens is 1. The summed E-state index contributed by atoms with van der Waals surface area (Å²) in [5, 5.41) is 14.6. The third kappa shape index (κ3) is 3.66. The van der Waals surface area contributed by atoms with Crippen LogP contribution in [0.3, 0.4) is 0 Å². The molecule has 1 aromatic carbocycles. The van der Waals surface area contributed by atoms with Gasteiger partial charge < -0.3 is 21.1 Å². The number of aliphatic hydroxyl groups is 1. The van der Waals surface area contributed by atoms with Gasteiger partial charge in [-0.3, -0.25) is 4.79 Å². The molecule has 1 unspecified atom stereocenters. The number of H-pyrrole nitrogens is 1. The lowest BCUT2D eigenvalue weighted by Gasteiger charge is -2.36. The van der Waals surface area contributed by atoms with Crippen LogP contribution in [0, 0.1) is 0 Å².